The number of rotatable bonds is 5. The standard InChI is InChI=1S/C18H17FN2O5S/c19-17-4-2-1-3-14(17)11-20(16-9-10-27(25,26)12-16)18(22)13-5-7-15(8-6-13)21(23)24/h1-8,16H,9-12H2/t16-/m1/s1. The molecule has 1 atom stereocenters. The molecular formula is C18H17FN2O5S. The van der Waals surface area contributed by atoms with Gasteiger partial charge in [-0.25, -0.2) is 12.8 Å². The normalized spacial score (nSPS) is 18.2. The fourth-order valence-electron chi connectivity index (χ4n) is 3.09. The summed E-state index contributed by atoms with van der Waals surface area (Å²) >= 11 is 0. The fourth-order valence-corrected chi connectivity index (χ4v) is 4.82. The lowest BCUT2D eigenvalue weighted by Crippen LogP contribution is -2.40. The Morgan fingerprint density at radius 1 is 1.19 bits per heavy atom. The van der Waals surface area contributed by atoms with Gasteiger partial charge in [-0.15, -0.1) is 0 Å². The Bertz CT molecular complexity index is 976. The molecule has 0 bridgehead atoms. The summed E-state index contributed by atoms with van der Waals surface area (Å²) in [5.74, 6) is -1.19. The van der Waals surface area contributed by atoms with E-state index in [-0.39, 0.29) is 41.3 Å². The molecule has 9 heteroatoms. The van der Waals surface area contributed by atoms with E-state index in [4.69, 9.17) is 0 Å². The first kappa shape index (κ1) is 19.0. The molecule has 0 saturated carbocycles. The number of amides is 1. The van der Waals surface area contributed by atoms with E-state index in [2.05, 4.69) is 0 Å². The number of sulfone groups is 1. The Morgan fingerprint density at radius 3 is 2.41 bits per heavy atom. The van der Waals surface area contributed by atoms with E-state index in [0.717, 1.165) is 0 Å². The fraction of sp³-hybridized carbons (Fsp3) is 0.278. The number of hydrogen-bond donors (Lipinski definition) is 0. The molecule has 1 heterocycles. The monoisotopic (exact) mass is 392 g/mol. The molecule has 0 N–H and O–H groups in total. The Morgan fingerprint density at radius 2 is 1.85 bits per heavy atom. The van der Waals surface area contributed by atoms with Crippen LogP contribution in [0, 0.1) is 15.9 Å². The van der Waals surface area contributed by atoms with Crippen LogP contribution in [0.15, 0.2) is 48.5 Å². The second-order valence-electron chi connectivity index (χ2n) is 6.39. The van der Waals surface area contributed by atoms with E-state index < -0.39 is 32.5 Å². The van der Waals surface area contributed by atoms with Crippen molar-refractivity contribution in [1.29, 1.82) is 0 Å². The van der Waals surface area contributed by atoms with Crippen molar-refractivity contribution in [3.63, 3.8) is 0 Å². The first-order valence-corrected chi connectivity index (χ1v) is 10.1. The molecule has 142 valence electrons. The summed E-state index contributed by atoms with van der Waals surface area (Å²) in [5, 5.41) is 10.8. The summed E-state index contributed by atoms with van der Waals surface area (Å²) in [6, 6.07) is 10.5. The van der Waals surface area contributed by atoms with Crippen LogP contribution in [0.1, 0.15) is 22.3 Å². The molecule has 1 aliphatic heterocycles. The number of carbonyl (C=O) groups is 1. The molecule has 3 rings (SSSR count). The molecule has 0 spiro atoms. The van der Waals surface area contributed by atoms with Crippen molar-refractivity contribution in [2.24, 2.45) is 0 Å². The van der Waals surface area contributed by atoms with Crippen LogP contribution in [0.5, 0.6) is 0 Å². The summed E-state index contributed by atoms with van der Waals surface area (Å²) in [4.78, 5) is 24.5. The average Bonchev–Trinajstić information content (AvgIpc) is 3.00. The molecule has 1 fully saturated rings. The van der Waals surface area contributed by atoms with E-state index >= 15 is 0 Å². The van der Waals surface area contributed by atoms with Crippen molar-refractivity contribution >= 4 is 21.4 Å². The van der Waals surface area contributed by atoms with E-state index in [1.165, 1.54) is 47.4 Å². The highest BCUT2D eigenvalue weighted by Crippen LogP contribution is 2.24. The third-order valence-corrected chi connectivity index (χ3v) is 6.28. The summed E-state index contributed by atoms with van der Waals surface area (Å²) in [6.45, 7) is -0.0807. The lowest BCUT2D eigenvalue weighted by molar-refractivity contribution is -0.384. The number of carbonyl (C=O) groups excluding carboxylic acids is 1. The van der Waals surface area contributed by atoms with E-state index in [1.54, 1.807) is 6.07 Å². The molecule has 27 heavy (non-hydrogen) atoms. The van der Waals surface area contributed by atoms with Gasteiger partial charge in [0.15, 0.2) is 9.84 Å². The average molecular weight is 392 g/mol. The second kappa shape index (κ2) is 7.43. The van der Waals surface area contributed by atoms with Gasteiger partial charge in [0.1, 0.15) is 5.82 Å². The summed E-state index contributed by atoms with van der Waals surface area (Å²) in [5.41, 5.74) is 0.300. The quantitative estimate of drug-likeness (QED) is 0.575. The molecule has 1 amide bonds. The van der Waals surface area contributed by atoms with Crippen LogP contribution in [-0.4, -0.2) is 41.7 Å². The zero-order valence-electron chi connectivity index (χ0n) is 14.2. The number of non-ortho nitro benzene ring substituents is 1. The van der Waals surface area contributed by atoms with Crippen molar-refractivity contribution < 1.29 is 22.5 Å². The molecule has 2 aromatic carbocycles. The van der Waals surface area contributed by atoms with Crippen LogP contribution in [-0.2, 0) is 16.4 Å². The van der Waals surface area contributed by atoms with Gasteiger partial charge >= 0.3 is 0 Å². The van der Waals surface area contributed by atoms with E-state index in [9.17, 15) is 27.7 Å². The Hall–Kier alpha value is -2.81. The maximum atomic E-state index is 14.1. The lowest BCUT2D eigenvalue weighted by atomic mass is 10.1. The van der Waals surface area contributed by atoms with Gasteiger partial charge in [-0.2, -0.15) is 0 Å². The minimum absolute atomic E-state index is 0.0288. The highest BCUT2D eigenvalue weighted by molar-refractivity contribution is 7.91. The van der Waals surface area contributed by atoms with Gasteiger partial charge in [0.25, 0.3) is 11.6 Å². The van der Waals surface area contributed by atoms with Gasteiger partial charge in [-0.1, -0.05) is 18.2 Å². The highest BCUT2D eigenvalue weighted by atomic mass is 32.2. The van der Waals surface area contributed by atoms with Crippen LogP contribution in [0.4, 0.5) is 10.1 Å². The number of nitro groups is 1. The number of nitrogens with zero attached hydrogens (tertiary/aromatic N) is 2. The van der Waals surface area contributed by atoms with E-state index in [0.29, 0.717) is 0 Å². The minimum Gasteiger partial charge on any atom is -0.330 e. The maximum absolute atomic E-state index is 14.1. The minimum atomic E-state index is -3.25. The van der Waals surface area contributed by atoms with Crippen LogP contribution in [0.2, 0.25) is 0 Å². The van der Waals surface area contributed by atoms with Crippen molar-refractivity contribution in [1.82, 2.24) is 4.90 Å². The van der Waals surface area contributed by atoms with Crippen LogP contribution < -0.4 is 0 Å². The molecule has 7 nitrogen and oxygen atoms in total. The summed E-state index contributed by atoms with van der Waals surface area (Å²) in [6.07, 6.45) is 0.273. The SMILES string of the molecule is O=C(c1ccc([N+](=O)[O-])cc1)N(Cc1ccccc1F)[C@@H]1CCS(=O)(=O)C1. The van der Waals surface area contributed by atoms with Crippen molar-refractivity contribution in [3.8, 4) is 0 Å². The van der Waals surface area contributed by atoms with Gasteiger partial charge in [0.05, 0.1) is 16.4 Å². The van der Waals surface area contributed by atoms with Crippen molar-refractivity contribution in [2.75, 3.05) is 11.5 Å². The molecular weight excluding hydrogens is 375 g/mol. The smallest absolute Gasteiger partial charge is 0.269 e. The van der Waals surface area contributed by atoms with Gasteiger partial charge in [0.2, 0.25) is 0 Å². The zero-order chi connectivity index (χ0) is 19.6. The van der Waals surface area contributed by atoms with Gasteiger partial charge in [-0.3, -0.25) is 14.9 Å². The third kappa shape index (κ3) is 4.30. The zero-order valence-corrected chi connectivity index (χ0v) is 15.1. The first-order chi connectivity index (χ1) is 12.8. The largest absolute Gasteiger partial charge is 0.330 e. The maximum Gasteiger partial charge on any atom is 0.269 e. The molecule has 0 radical (unpaired) electrons. The number of hydrogen-bond acceptors (Lipinski definition) is 5. The Labute approximate surface area is 155 Å². The van der Waals surface area contributed by atoms with Gasteiger partial charge < -0.3 is 4.90 Å². The molecule has 1 saturated heterocycles. The Balaban J connectivity index is 1.92. The van der Waals surface area contributed by atoms with Crippen LogP contribution in [0.3, 0.4) is 0 Å². The highest BCUT2D eigenvalue weighted by Gasteiger charge is 2.35. The van der Waals surface area contributed by atoms with Crippen LogP contribution in [0.25, 0.3) is 0 Å². The predicted molar refractivity (Wildman–Crippen MR) is 96.4 cm³/mol. The first-order valence-electron chi connectivity index (χ1n) is 8.26. The predicted octanol–water partition coefficient (Wildman–Crippen LogP) is 2.56. The molecule has 2 aromatic rings. The summed E-state index contributed by atoms with van der Waals surface area (Å²) < 4.78 is 37.8. The number of halogens is 1. The molecule has 0 aromatic heterocycles. The van der Waals surface area contributed by atoms with Gasteiger partial charge in [-0.05, 0) is 24.6 Å². The lowest BCUT2D eigenvalue weighted by Gasteiger charge is -2.28. The van der Waals surface area contributed by atoms with E-state index in [1.807, 2.05) is 0 Å². The van der Waals surface area contributed by atoms with Crippen molar-refractivity contribution in [3.05, 3.63) is 75.6 Å². The molecule has 0 aliphatic carbocycles. The molecule has 1 aliphatic rings. The number of nitro benzene ring substituents is 1. The Kier molecular flexibility index (Phi) is 5.22. The topological polar surface area (TPSA) is 97.6 Å². The third-order valence-electron chi connectivity index (χ3n) is 4.53. The second-order valence-corrected chi connectivity index (χ2v) is 8.61. The van der Waals surface area contributed by atoms with Crippen molar-refractivity contribution in [2.45, 2.75) is 19.0 Å². The summed E-state index contributed by atoms with van der Waals surface area (Å²) in [7, 11) is -3.25. The molecule has 0 unspecified atom stereocenters. The van der Waals surface area contributed by atoms with Gasteiger partial charge in [0, 0.05) is 35.8 Å². The van der Waals surface area contributed by atoms with Crippen LogP contribution >= 0.6 is 0 Å². The number of benzene rings is 2.